The zero-order valence-electron chi connectivity index (χ0n) is 13.1. The van der Waals surface area contributed by atoms with Crippen LogP contribution in [0.2, 0.25) is 0 Å². The Bertz CT molecular complexity index is 753. The molecular formula is C16H14F3NO3S2. The molecule has 1 N–H and O–H groups in total. The Morgan fingerprint density at radius 2 is 2.00 bits per heavy atom. The molecule has 2 aromatic rings. The van der Waals surface area contributed by atoms with Gasteiger partial charge in [-0.1, -0.05) is 6.07 Å². The van der Waals surface area contributed by atoms with Crippen LogP contribution in [0.3, 0.4) is 0 Å². The van der Waals surface area contributed by atoms with Crippen molar-refractivity contribution in [1.29, 1.82) is 0 Å². The molecule has 134 valence electrons. The van der Waals surface area contributed by atoms with Crippen molar-refractivity contribution in [2.45, 2.75) is 18.8 Å². The molecule has 2 rings (SSSR count). The van der Waals surface area contributed by atoms with Crippen molar-refractivity contribution in [3.05, 3.63) is 52.0 Å². The highest BCUT2D eigenvalue weighted by Gasteiger charge is 2.21. The lowest BCUT2D eigenvalue weighted by molar-refractivity contribution is -0.150. The van der Waals surface area contributed by atoms with Crippen molar-refractivity contribution in [2.24, 2.45) is 0 Å². The fraction of sp³-hybridized carbons (Fsp3) is 0.250. The molecule has 1 aromatic carbocycles. The largest absolute Gasteiger partial charge is 0.452 e. The summed E-state index contributed by atoms with van der Waals surface area (Å²) >= 11 is 2.90. The standard InChI is InChI=1S/C16H14F3NO3S2/c1-9(23-13(21)8-24-7-10-3-2-6-25-10)16(22)20-12-5-4-11(17)14(18)15(12)19/h2-6,9H,7-8H2,1H3,(H,20,22)/t9-/m1/s1. The van der Waals surface area contributed by atoms with Gasteiger partial charge in [-0.25, -0.2) is 13.2 Å². The average molecular weight is 389 g/mol. The first-order valence-corrected chi connectivity index (χ1v) is 9.16. The number of thioether (sulfide) groups is 1. The van der Waals surface area contributed by atoms with E-state index < -0.39 is 41.1 Å². The first-order valence-electron chi connectivity index (χ1n) is 7.12. The van der Waals surface area contributed by atoms with Crippen LogP contribution >= 0.6 is 23.1 Å². The van der Waals surface area contributed by atoms with E-state index in [1.807, 2.05) is 17.5 Å². The number of hydrogen-bond donors (Lipinski definition) is 1. The van der Waals surface area contributed by atoms with Gasteiger partial charge in [-0.3, -0.25) is 9.59 Å². The minimum Gasteiger partial charge on any atom is -0.452 e. The van der Waals surface area contributed by atoms with Crippen LogP contribution < -0.4 is 5.32 Å². The third kappa shape index (κ3) is 5.50. The molecule has 1 heterocycles. The molecule has 1 atom stereocenters. The number of benzene rings is 1. The number of esters is 1. The molecule has 0 aliphatic rings. The number of ether oxygens (including phenoxy) is 1. The number of amides is 1. The minimum absolute atomic E-state index is 0.0507. The fourth-order valence-corrected chi connectivity index (χ4v) is 3.42. The quantitative estimate of drug-likeness (QED) is 0.575. The maximum Gasteiger partial charge on any atom is 0.316 e. The van der Waals surface area contributed by atoms with E-state index in [4.69, 9.17) is 4.74 Å². The molecule has 0 aliphatic carbocycles. The Morgan fingerprint density at radius 3 is 2.68 bits per heavy atom. The van der Waals surface area contributed by atoms with Gasteiger partial charge < -0.3 is 10.1 Å². The number of rotatable bonds is 7. The molecule has 0 saturated carbocycles. The van der Waals surface area contributed by atoms with Gasteiger partial charge in [0, 0.05) is 10.6 Å². The van der Waals surface area contributed by atoms with E-state index in [-0.39, 0.29) is 5.75 Å². The second-order valence-electron chi connectivity index (χ2n) is 4.92. The lowest BCUT2D eigenvalue weighted by atomic mass is 10.2. The zero-order valence-corrected chi connectivity index (χ0v) is 14.7. The van der Waals surface area contributed by atoms with Crippen LogP contribution in [0, 0.1) is 17.5 Å². The molecule has 0 fully saturated rings. The van der Waals surface area contributed by atoms with Gasteiger partial charge in [0.05, 0.1) is 11.4 Å². The number of carbonyl (C=O) groups excluding carboxylic acids is 2. The van der Waals surface area contributed by atoms with Gasteiger partial charge in [0.1, 0.15) is 0 Å². The third-order valence-corrected chi connectivity index (χ3v) is 5.03. The molecule has 25 heavy (non-hydrogen) atoms. The molecule has 0 aliphatic heterocycles. The summed E-state index contributed by atoms with van der Waals surface area (Å²) in [6.45, 7) is 1.30. The number of nitrogens with one attached hydrogen (secondary N) is 1. The predicted octanol–water partition coefficient (Wildman–Crippen LogP) is 3.97. The third-order valence-electron chi connectivity index (χ3n) is 3.01. The van der Waals surface area contributed by atoms with Gasteiger partial charge in [-0.15, -0.1) is 23.1 Å². The second-order valence-corrected chi connectivity index (χ2v) is 6.93. The van der Waals surface area contributed by atoms with Crippen molar-refractivity contribution in [3.8, 4) is 0 Å². The Kier molecular flexibility index (Phi) is 6.89. The Hall–Kier alpha value is -2.00. The first-order chi connectivity index (χ1) is 11.9. The summed E-state index contributed by atoms with van der Waals surface area (Å²) in [5, 5.41) is 3.99. The van der Waals surface area contributed by atoms with E-state index in [0.717, 1.165) is 10.9 Å². The molecule has 0 saturated heterocycles. The Morgan fingerprint density at radius 1 is 1.24 bits per heavy atom. The maximum absolute atomic E-state index is 13.5. The van der Waals surface area contributed by atoms with E-state index in [9.17, 15) is 22.8 Å². The van der Waals surface area contributed by atoms with Crippen molar-refractivity contribution in [1.82, 2.24) is 0 Å². The highest BCUT2D eigenvalue weighted by Crippen LogP contribution is 2.20. The molecule has 0 unspecified atom stereocenters. The van der Waals surface area contributed by atoms with Crippen LogP contribution in [0.5, 0.6) is 0 Å². The van der Waals surface area contributed by atoms with E-state index >= 15 is 0 Å². The first kappa shape index (κ1) is 19.3. The number of thiophene rings is 1. The summed E-state index contributed by atoms with van der Waals surface area (Å²) in [5.74, 6) is -5.32. The minimum atomic E-state index is -1.69. The summed E-state index contributed by atoms with van der Waals surface area (Å²) in [7, 11) is 0. The Labute approximate surface area is 150 Å². The van der Waals surface area contributed by atoms with E-state index in [1.54, 1.807) is 11.3 Å². The molecule has 0 bridgehead atoms. The lowest BCUT2D eigenvalue weighted by Crippen LogP contribution is -2.31. The topological polar surface area (TPSA) is 55.4 Å². The van der Waals surface area contributed by atoms with Crippen LogP contribution in [0.4, 0.5) is 18.9 Å². The highest BCUT2D eigenvalue weighted by molar-refractivity contribution is 7.99. The summed E-state index contributed by atoms with van der Waals surface area (Å²) in [6, 6.07) is 5.42. The SMILES string of the molecule is C[C@@H](OC(=O)CSCc1cccs1)C(=O)Nc1ccc(F)c(F)c1F. The lowest BCUT2D eigenvalue weighted by Gasteiger charge is -2.14. The Balaban J connectivity index is 1.81. The van der Waals surface area contributed by atoms with Gasteiger partial charge in [0.25, 0.3) is 5.91 Å². The van der Waals surface area contributed by atoms with Gasteiger partial charge in [-0.05, 0) is 30.5 Å². The summed E-state index contributed by atoms with van der Waals surface area (Å²) in [5.41, 5.74) is -0.529. The van der Waals surface area contributed by atoms with Crippen molar-refractivity contribution in [2.75, 3.05) is 11.1 Å². The van der Waals surface area contributed by atoms with Gasteiger partial charge >= 0.3 is 5.97 Å². The van der Waals surface area contributed by atoms with E-state index in [2.05, 4.69) is 5.32 Å². The molecule has 0 radical (unpaired) electrons. The van der Waals surface area contributed by atoms with Crippen LogP contribution in [0.15, 0.2) is 29.6 Å². The summed E-state index contributed by atoms with van der Waals surface area (Å²) in [6.07, 6.45) is -1.21. The second kappa shape index (κ2) is 8.91. The van der Waals surface area contributed by atoms with Crippen molar-refractivity contribution < 1.29 is 27.5 Å². The summed E-state index contributed by atoms with van der Waals surface area (Å²) < 4.78 is 44.4. The van der Waals surface area contributed by atoms with Gasteiger partial charge in [-0.2, -0.15) is 0 Å². The van der Waals surface area contributed by atoms with Crippen LogP contribution in [0.25, 0.3) is 0 Å². The predicted molar refractivity (Wildman–Crippen MR) is 91.0 cm³/mol. The monoisotopic (exact) mass is 389 g/mol. The van der Waals surface area contributed by atoms with Gasteiger partial charge in [0.15, 0.2) is 23.6 Å². The number of anilines is 1. The molecule has 4 nitrogen and oxygen atoms in total. The average Bonchev–Trinajstić information content (AvgIpc) is 3.08. The zero-order chi connectivity index (χ0) is 18.4. The normalized spacial score (nSPS) is 11.8. The maximum atomic E-state index is 13.5. The number of hydrogen-bond acceptors (Lipinski definition) is 5. The van der Waals surface area contributed by atoms with Crippen molar-refractivity contribution in [3.63, 3.8) is 0 Å². The summed E-state index contributed by atoms with van der Waals surface area (Å²) in [4.78, 5) is 24.7. The van der Waals surface area contributed by atoms with Crippen LogP contribution in [0.1, 0.15) is 11.8 Å². The van der Waals surface area contributed by atoms with Crippen LogP contribution in [-0.4, -0.2) is 23.7 Å². The smallest absolute Gasteiger partial charge is 0.316 e. The molecule has 1 aromatic heterocycles. The highest BCUT2D eigenvalue weighted by atomic mass is 32.2. The fourth-order valence-electron chi connectivity index (χ4n) is 1.77. The molecule has 9 heteroatoms. The number of halogens is 3. The van der Waals surface area contributed by atoms with Crippen LogP contribution in [-0.2, 0) is 20.1 Å². The molecule has 1 amide bonds. The van der Waals surface area contributed by atoms with Crippen molar-refractivity contribution >= 4 is 40.7 Å². The molecular weight excluding hydrogens is 375 g/mol. The number of carbonyl (C=O) groups is 2. The van der Waals surface area contributed by atoms with E-state index in [1.165, 1.54) is 18.7 Å². The van der Waals surface area contributed by atoms with Gasteiger partial charge in [0.2, 0.25) is 0 Å². The molecule has 0 spiro atoms. The van der Waals surface area contributed by atoms with E-state index in [0.29, 0.717) is 11.8 Å².